The minimum Gasteiger partial charge on any atom is -0.756 e. The maximum Gasteiger partial charge on any atom is 0.268 e. The third kappa shape index (κ3) is 54.3. The Bertz CT molecular complexity index is 1220. The van der Waals surface area contributed by atoms with Crippen LogP contribution in [0.25, 0.3) is 0 Å². The van der Waals surface area contributed by atoms with E-state index in [1.807, 2.05) is 27.2 Å². The average molecular weight is 994 g/mol. The van der Waals surface area contributed by atoms with Gasteiger partial charge in [0.15, 0.2) is 0 Å². The van der Waals surface area contributed by atoms with Gasteiger partial charge in [0.2, 0.25) is 5.91 Å². The van der Waals surface area contributed by atoms with Crippen LogP contribution in [0.15, 0.2) is 36.5 Å². The van der Waals surface area contributed by atoms with Gasteiger partial charge in [-0.25, -0.2) is 0 Å². The minimum absolute atomic E-state index is 0.000475. The molecule has 0 aliphatic rings. The molecule has 0 bridgehead atoms. The van der Waals surface area contributed by atoms with Gasteiger partial charge in [0.1, 0.15) is 13.2 Å². The molecule has 9 heteroatoms. The molecule has 0 saturated carbocycles. The number of hydrogen-bond acceptors (Lipinski definition) is 6. The van der Waals surface area contributed by atoms with E-state index < -0.39 is 20.0 Å². The van der Waals surface area contributed by atoms with Crippen molar-refractivity contribution in [2.75, 3.05) is 40.9 Å². The highest BCUT2D eigenvalue weighted by molar-refractivity contribution is 7.45. The van der Waals surface area contributed by atoms with E-state index in [2.05, 4.69) is 43.5 Å². The first-order valence-electron chi connectivity index (χ1n) is 29.9. The second kappa shape index (κ2) is 51.6. The second-order valence-corrected chi connectivity index (χ2v) is 23.1. The summed E-state index contributed by atoms with van der Waals surface area (Å²) in [5.41, 5.74) is 0. The molecule has 0 rings (SSSR count). The number of aliphatic hydroxyl groups is 1. The third-order valence-electron chi connectivity index (χ3n) is 13.6. The molecule has 0 saturated heterocycles. The fourth-order valence-electron chi connectivity index (χ4n) is 8.89. The van der Waals surface area contributed by atoms with Crippen molar-refractivity contribution in [3.8, 4) is 0 Å². The van der Waals surface area contributed by atoms with Gasteiger partial charge in [-0.05, 0) is 51.4 Å². The molecule has 1 amide bonds. The van der Waals surface area contributed by atoms with Crippen LogP contribution < -0.4 is 10.2 Å². The molecule has 2 N–H and O–H groups in total. The highest BCUT2D eigenvalue weighted by Crippen LogP contribution is 2.38. The highest BCUT2D eigenvalue weighted by atomic mass is 31.2. The number of carbonyl (C=O) groups excluding carboxylic acids is 1. The van der Waals surface area contributed by atoms with E-state index >= 15 is 0 Å². The maximum atomic E-state index is 13.0. The Morgan fingerprint density at radius 2 is 0.841 bits per heavy atom. The lowest BCUT2D eigenvalue weighted by Crippen LogP contribution is -2.45. The zero-order valence-corrected chi connectivity index (χ0v) is 47.4. The lowest BCUT2D eigenvalue weighted by Gasteiger charge is -2.29. The van der Waals surface area contributed by atoms with Crippen molar-refractivity contribution in [3.63, 3.8) is 0 Å². The molecule has 0 aliphatic heterocycles. The van der Waals surface area contributed by atoms with Crippen LogP contribution in [0.4, 0.5) is 0 Å². The molecule has 408 valence electrons. The molecule has 0 aliphatic carbocycles. The van der Waals surface area contributed by atoms with Gasteiger partial charge in [-0.15, -0.1) is 0 Å². The largest absolute Gasteiger partial charge is 0.756 e. The predicted octanol–water partition coefficient (Wildman–Crippen LogP) is 17.5. The number of nitrogens with zero attached hydrogens (tertiary/aromatic N) is 1. The van der Waals surface area contributed by atoms with E-state index in [1.165, 1.54) is 225 Å². The van der Waals surface area contributed by atoms with Crippen LogP contribution in [0.1, 0.15) is 290 Å². The Kier molecular flexibility index (Phi) is 50.7. The van der Waals surface area contributed by atoms with Gasteiger partial charge >= 0.3 is 0 Å². The number of unbranched alkanes of at least 4 members (excludes halogenated alkanes) is 38. The van der Waals surface area contributed by atoms with Crippen LogP contribution in [-0.4, -0.2) is 68.5 Å². The second-order valence-electron chi connectivity index (χ2n) is 21.7. The summed E-state index contributed by atoms with van der Waals surface area (Å²) in [7, 11) is 1.27. The summed E-state index contributed by atoms with van der Waals surface area (Å²) in [5.74, 6) is -0.193. The minimum atomic E-state index is -4.60. The molecule has 0 spiro atoms. The number of phosphoric acid groups is 1. The van der Waals surface area contributed by atoms with E-state index in [4.69, 9.17) is 9.05 Å². The first-order chi connectivity index (χ1) is 33.5. The van der Waals surface area contributed by atoms with Crippen molar-refractivity contribution in [1.82, 2.24) is 5.32 Å². The van der Waals surface area contributed by atoms with Crippen molar-refractivity contribution in [2.45, 2.75) is 302 Å². The van der Waals surface area contributed by atoms with Crippen molar-refractivity contribution >= 4 is 13.7 Å². The van der Waals surface area contributed by atoms with E-state index in [9.17, 15) is 19.4 Å². The van der Waals surface area contributed by atoms with E-state index in [0.717, 1.165) is 44.9 Å². The Morgan fingerprint density at radius 3 is 1.20 bits per heavy atom. The maximum absolute atomic E-state index is 13.0. The van der Waals surface area contributed by atoms with Gasteiger partial charge in [0, 0.05) is 6.42 Å². The quantitative estimate of drug-likeness (QED) is 0.0272. The Labute approximate surface area is 429 Å². The van der Waals surface area contributed by atoms with Gasteiger partial charge in [-0.2, -0.15) is 0 Å². The number of carbonyl (C=O) groups is 1. The van der Waals surface area contributed by atoms with Crippen LogP contribution in [0.3, 0.4) is 0 Å². The number of allylic oxidation sites excluding steroid dienone is 5. The van der Waals surface area contributed by atoms with Crippen molar-refractivity contribution < 1.29 is 32.9 Å². The van der Waals surface area contributed by atoms with Gasteiger partial charge in [-0.1, -0.05) is 269 Å². The number of rotatable bonds is 55. The molecule has 0 radical (unpaired) electrons. The van der Waals surface area contributed by atoms with Crippen LogP contribution in [0.2, 0.25) is 0 Å². The standard InChI is InChI=1S/C60H117N2O6P/c1-6-8-10-12-14-16-18-20-22-24-26-27-28-29-30-31-32-33-34-35-36-38-40-42-44-46-48-50-52-54-60(64)61-58(57-68-69(65,66)67-56-55-62(3,4)5)59(63)53-51-49-47-45-43-41-39-37-25-23-21-19-17-15-13-11-9-7-2/h18,20,24,26,51,53,58-59,63H,6-17,19,21-23,25,27-50,52,54-57H2,1-5H3,(H-,61,64,65,66)/b20-18-,26-24-,53-51+. The Balaban J connectivity index is 4.12. The van der Waals surface area contributed by atoms with E-state index in [-0.39, 0.29) is 19.1 Å². The molecule has 0 aromatic rings. The van der Waals surface area contributed by atoms with Gasteiger partial charge < -0.3 is 28.8 Å². The molecule has 0 fully saturated rings. The first-order valence-corrected chi connectivity index (χ1v) is 31.3. The number of quaternary nitrogens is 1. The monoisotopic (exact) mass is 993 g/mol. The predicted molar refractivity (Wildman–Crippen MR) is 298 cm³/mol. The molecule has 69 heavy (non-hydrogen) atoms. The normalized spacial score (nSPS) is 14.1. The fourth-order valence-corrected chi connectivity index (χ4v) is 9.61. The highest BCUT2D eigenvalue weighted by Gasteiger charge is 2.23. The molecule has 3 unspecified atom stereocenters. The number of likely N-dealkylation sites (N-methyl/N-ethyl adjacent to an activating group) is 1. The number of hydrogen-bond donors (Lipinski definition) is 2. The number of amides is 1. The molecular weight excluding hydrogens is 876 g/mol. The average Bonchev–Trinajstić information content (AvgIpc) is 3.31. The summed E-state index contributed by atoms with van der Waals surface area (Å²) in [6.45, 7) is 4.67. The summed E-state index contributed by atoms with van der Waals surface area (Å²) in [6, 6.07) is -0.885. The zero-order chi connectivity index (χ0) is 50.6. The summed E-state index contributed by atoms with van der Waals surface area (Å²) < 4.78 is 23.4. The third-order valence-corrected chi connectivity index (χ3v) is 14.6. The number of aliphatic hydroxyl groups excluding tert-OH is 1. The summed E-state index contributed by atoms with van der Waals surface area (Å²) in [4.78, 5) is 25.5. The molecule has 0 aromatic carbocycles. The van der Waals surface area contributed by atoms with E-state index in [0.29, 0.717) is 17.4 Å². The number of phosphoric ester groups is 1. The molecular formula is C60H117N2O6P. The van der Waals surface area contributed by atoms with Crippen LogP contribution in [-0.2, 0) is 18.4 Å². The summed E-state index contributed by atoms with van der Waals surface area (Å²) >= 11 is 0. The molecule has 8 nitrogen and oxygen atoms in total. The van der Waals surface area contributed by atoms with Crippen molar-refractivity contribution in [3.05, 3.63) is 36.5 Å². The Hall–Kier alpha value is -1.28. The molecule has 0 aromatic heterocycles. The van der Waals surface area contributed by atoms with Crippen molar-refractivity contribution in [2.24, 2.45) is 0 Å². The lowest BCUT2D eigenvalue weighted by atomic mass is 10.0. The van der Waals surface area contributed by atoms with Crippen molar-refractivity contribution in [1.29, 1.82) is 0 Å². The van der Waals surface area contributed by atoms with Crippen LogP contribution in [0, 0.1) is 0 Å². The van der Waals surface area contributed by atoms with Gasteiger partial charge in [0.25, 0.3) is 7.82 Å². The smallest absolute Gasteiger partial charge is 0.268 e. The van der Waals surface area contributed by atoms with Crippen LogP contribution >= 0.6 is 7.82 Å². The lowest BCUT2D eigenvalue weighted by molar-refractivity contribution is -0.870. The molecule has 3 atom stereocenters. The van der Waals surface area contributed by atoms with Gasteiger partial charge in [-0.3, -0.25) is 9.36 Å². The molecule has 0 heterocycles. The topological polar surface area (TPSA) is 108 Å². The zero-order valence-electron chi connectivity index (χ0n) is 46.5. The Morgan fingerprint density at radius 1 is 0.507 bits per heavy atom. The first kappa shape index (κ1) is 67.7. The van der Waals surface area contributed by atoms with E-state index in [1.54, 1.807) is 6.08 Å². The summed E-state index contributed by atoms with van der Waals surface area (Å²) in [6.07, 6.45) is 66.5. The van der Waals surface area contributed by atoms with Crippen LogP contribution in [0.5, 0.6) is 0 Å². The summed E-state index contributed by atoms with van der Waals surface area (Å²) in [5, 5.41) is 13.9. The fraction of sp³-hybridized carbons (Fsp3) is 0.883. The van der Waals surface area contributed by atoms with Gasteiger partial charge in [0.05, 0.1) is 39.9 Å². The SMILES string of the molecule is CCCCCCC/C=C\C/C=C\CCCCCCCCCCCCCCCCCCCC(=O)NC(COP(=O)([O-])OCC[N+](C)(C)C)C(O)/C=C/CCCCCCCCCCCCCCCCCC. The number of nitrogens with one attached hydrogen (secondary N) is 1.